The minimum atomic E-state index is -0.307. The van der Waals surface area contributed by atoms with E-state index in [9.17, 15) is 4.79 Å². The van der Waals surface area contributed by atoms with Gasteiger partial charge in [-0.15, -0.1) is 0 Å². The van der Waals surface area contributed by atoms with Crippen molar-refractivity contribution in [1.82, 2.24) is 4.90 Å². The van der Waals surface area contributed by atoms with E-state index in [0.29, 0.717) is 5.91 Å². The second-order valence-corrected chi connectivity index (χ2v) is 6.62. The third-order valence-electron chi connectivity index (χ3n) is 4.87. The fraction of sp³-hybridized carbons (Fsp3) is 0.941. The number of hydrogen-bond acceptors (Lipinski definition) is 2. The minimum absolute atomic E-state index is 0.0508. The molecule has 0 heterocycles. The van der Waals surface area contributed by atoms with Gasteiger partial charge in [-0.2, -0.15) is 0 Å². The van der Waals surface area contributed by atoms with Crippen LogP contribution in [0.4, 0.5) is 0 Å². The van der Waals surface area contributed by atoms with E-state index >= 15 is 0 Å². The second-order valence-electron chi connectivity index (χ2n) is 6.62. The zero-order valence-corrected chi connectivity index (χ0v) is 13.8. The van der Waals surface area contributed by atoms with Gasteiger partial charge in [0, 0.05) is 19.1 Å². The lowest BCUT2D eigenvalue weighted by Gasteiger charge is -2.34. The molecular formula is C17H34N2O. The van der Waals surface area contributed by atoms with E-state index in [-0.39, 0.29) is 11.5 Å². The van der Waals surface area contributed by atoms with E-state index in [2.05, 4.69) is 25.7 Å². The first-order valence-electron chi connectivity index (χ1n) is 8.61. The first-order chi connectivity index (χ1) is 9.56. The Morgan fingerprint density at radius 1 is 1.15 bits per heavy atom. The SMILES string of the molecule is CCCCCN(CCCCC)C(=O)C1(C)CCCC1N. The highest BCUT2D eigenvalue weighted by atomic mass is 16.2. The minimum Gasteiger partial charge on any atom is -0.342 e. The summed E-state index contributed by atoms with van der Waals surface area (Å²) in [6, 6.07) is 0.0508. The van der Waals surface area contributed by atoms with Crippen molar-refractivity contribution in [3.63, 3.8) is 0 Å². The maximum absolute atomic E-state index is 12.9. The van der Waals surface area contributed by atoms with Crippen molar-refractivity contribution in [1.29, 1.82) is 0 Å². The Balaban J connectivity index is 2.62. The van der Waals surface area contributed by atoms with Crippen LogP contribution < -0.4 is 5.73 Å². The molecule has 0 radical (unpaired) electrons. The fourth-order valence-electron chi connectivity index (χ4n) is 3.24. The zero-order chi connectivity index (χ0) is 15.0. The van der Waals surface area contributed by atoms with Crippen molar-refractivity contribution >= 4 is 5.91 Å². The molecule has 0 aromatic heterocycles. The van der Waals surface area contributed by atoms with Crippen LogP contribution in [0.5, 0.6) is 0 Å². The molecule has 0 bridgehead atoms. The molecule has 1 fully saturated rings. The summed E-state index contributed by atoms with van der Waals surface area (Å²) in [5, 5.41) is 0. The van der Waals surface area contributed by atoms with Crippen LogP contribution in [0.1, 0.15) is 78.6 Å². The molecular weight excluding hydrogens is 248 g/mol. The van der Waals surface area contributed by atoms with Gasteiger partial charge in [-0.05, 0) is 32.6 Å². The zero-order valence-electron chi connectivity index (χ0n) is 13.8. The van der Waals surface area contributed by atoms with Gasteiger partial charge in [-0.1, -0.05) is 46.0 Å². The van der Waals surface area contributed by atoms with Gasteiger partial charge >= 0.3 is 0 Å². The molecule has 1 rings (SSSR count). The fourth-order valence-corrected chi connectivity index (χ4v) is 3.24. The molecule has 3 nitrogen and oxygen atoms in total. The molecule has 1 aliphatic rings. The third-order valence-corrected chi connectivity index (χ3v) is 4.87. The molecule has 0 aromatic rings. The number of amides is 1. The average molecular weight is 282 g/mol. The standard InChI is InChI=1S/C17H34N2O/c1-4-6-8-13-19(14-9-7-5-2)16(20)17(3)12-10-11-15(17)18/h15H,4-14,18H2,1-3H3. The largest absolute Gasteiger partial charge is 0.342 e. The van der Waals surface area contributed by atoms with Crippen molar-refractivity contribution in [2.24, 2.45) is 11.1 Å². The maximum Gasteiger partial charge on any atom is 0.230 e. The molecule has 118 valence electrons. The van der Waals surface area contributed by atoms with Crippen LogP contribution in [0.15, 0.2) is 0 Å². The number of carbonyl (C=O) groups is 1. The van der Waals surface area contributed by atoms with Crippen LogP contribution in [0, 0.1) is 5.41 Å². The van der Waals surface area contributed by atoms with Gasteiger partial charge in [-0.3, -0.25) is 4.79 Å². The van der Waals surface area contributed by atoms with Crippen LogP contribution in [0.25, 0.3) is 0 Å². The number of hydrogen-bond donors (Lipinski definition) is 1. The smallest absolute Gasteiger partial charge is 0.230 e. The summed E-state index contributed by atoms with van der Waals surface area (Å²) in [6.45, 7) is 8.33. The molecule has 0 saturated heterocycles. The predicted molar refractivity (Wildman–Crippen MR) is 85.6 cm³/mol. The molecule has 0 aliphatic heterocycles. The number of nitrogens with zero attached hydrogens (tertiary/aromatic N) is 1. The number of carbonyl (C=O) groups excluding carboxylic acids is 1. The van der Waals surface area contributed by atoms with E-state index in [1.807, 2.05) is 0 Å². The molecule has 20 heavy (non-hydrogen) atoms. The summed E-state index contributed by atoms with van der Waals surface area (Å²) >= 11 is 0. The maximum atomic E-state index is 12.9. The van der Waals surface area contributed by atoms with Gasteiger partial charge in [0.25, 0.3) is 0 Å². The van der Waals surface area contributed by atoms with E-state index in [4.69, 9.17) is 5.73 Å². The van der Waals surface area contributed by atoms with Crippen molar-refractivity contribution in [2.45, 2.75) is 84.6 Å². The van der Waals surface area contributed by atoms with Gasteiger partial charge < -0.3 is 10.6 Å². The van der Waals surface area contributed by atoms with Gasteiger partial charge in [0.2, 0.25) is 5.91 Å². The van der Waals surface area contributed by atoms with E-state index in [1.165, 1.54) is 25.7 Å². The lowest BCUT2D eigenvalue weighted by molar-refractivity contribution is -0.141. The Hall–Kier alpha value is -0.570. The summed E-state index contributed by atoms with van der Waals surface area (Å²) in [6.07, 6.45) is 10.1. The number of unbranched alkanes of at least 4 members (excludes halogenated alkanes) is 4. The van der Waals surface area contributed by atoms with E-state index in [1.54, 1.807) is 0 Å². The molecule has 2 N–H and O–H groups in total. The molecule has 0 aromatic carbocycles. The van der Waals surface area contributed by atoms with Crippen LogP contribution in [0.3, 0.4) is 0 Å². The van der Waals surface area contributed by atoms with Crippen molar-refractivity contribution < 1.29 is 4.79 Å². The van der Waals surface area contributed by atoms with E-state index < -0.39 is 0 Å². The third kappa shape index (κ3) is 4.47. The van der Waals surface area contributed by atoms with Crippen molar-refractivity contribution in [3.8, 4) is 0 Å². The molecule has 1 aliphatic carbocycles. The van der Waals surface area contributed by atoms with Gasteiger partial charge in [0.05, 0.1) is 5.41 Å². The summed E-state index contributed by atoms with van der Waals surface area (Å²) < 4.78 is 0. The normalized spacial score (nSPS) is 25.9. The molecule has 2 atom stereocenters. The van der Waals surface area contributed by atoms with Gasteiger partial charge in [0.15, 0.2) is 0 Å². The summed E-state index contributed by atoms with van der Waals surface area (Å²) in [7, 11) is 0. The monoisotopic (exact) mass is 282 g/mol. The summed E-state index contributed by atoms with van der Waals surface area (Å²) in [5.41, 5.74) is 5.91. The highest BCUT2D eigenvalue weighted by Gasteiger charge is 2.44. The Morgan fingerprint density at radius 2 is 1.70 bits per heavy atom. The Bertz CT molecular complexity index is 283. The Kier molecular flexibility index (Phi) is 7.57. The van der Waals surface area contributed by atoms with Crippen LogP contribution in [-0.4, -0.2) is 29.9 Å². The van der Waals surface area contributed by atoms with Crippen LogP contribution in [-0.2, 0) is 4.79 Å². The molecule has 0 spiro atoms. The Morgan fingerprint density at radius 3 is 2.10 bits per heavy atom. The van der Waals surface area contributed by atoms with Crippen molar-refractivity contribution in [2.75, 3.05) is 13.1 Å². The van der Waals surface area contributed by atoms with Crippen LogP contribution >= 0.6 is 0 Å². The molecule has 1 saturated carbocycles. The Labute approximate surface area is 125 Å². The second kappa shape index (κ2) is 8.66. The number of rotatable bonds is 9. The number of nitrogens with two attached hydrogens (primary N) is 1. The lowest BCUT2D eigenvalue weighted by atomic mass is 9.83. The lowest BCUT2D eigenvalue weighted by Crippen LogP contribution is -2.49. The summed E-state index contributed by atoms with van der Waals surface area (Å²) in [5.74, 6) is 0.315. The topological polar surface area (TPSA) is 46.3 Å². The molecule has 1 amide bonds. The highest BCUT2D eigenvalue weighted by molar-refractivity contribution is 5.83. The predicted octanol–water partition coefficient (Wildman–Crippen LogP) is 3.71. The first kappa shape index (κ1) is 17.5. The first-order valence-corrected chi connectivity index (χ1v) is 8.61. The molecule has 3 heteroatoms. The van der Waals surface area contributed by atoms with E-state index in [0.717, 1.165) is 45.2 Å². The summed E-state index contributed by atoms with van der Waals surface area (Å²) in [4.78, 5) is 15.0. The van der Waals surface area contributed by atoms with Gasteiger partial charge in [0.1, 0.15) is 0 Å². The molecule has 2 unspecified atom stereocenters. The average Bonchev–Trinajstić information content (AvgIpc) is 2.78. The quantitative estimate of drug-likeness (QED) is 0.655. The van der Waals surface area contributed by atoms with Crippen molar-refractivity contribution in [3.05, 3.63) is 0 Å². The van der Waals surface area contributed by atoms with Crippen LogP contribution in [0.2, 0.25) is 0 Å². The van der Waals surface area contributed by atoms with Gasteiger partial charge in [-0.25, -0.2) is 0 Å². The highest BCUT2D eigenvalue weighted by Crippen LogP contribution is 2.38.